The highest BCUT2D eigenvalue weighted by Gasteiger charge is 2.23. The van der Waals surface area contributed by atoms with E-state index in [0.717, 1.165) is 32.4 Å². The number of rotatable bonds is 6. The molecule has 2 aliphatic rings. The van der Waals surface area contributed by atoms with Crippen molar-refractivity contribution >= 4 is 11.7 Å². The minimum Gasteiger partial charge on any atom is -0.371 e. The van der Waals surface area contributed by atoms with Crippen molar-refractivity contribution in [3.8, 4) is 0 Å². The Labute approximate surface area is 165 Å². The molecular formula is C23H37N3O. The zero-order valence-corrected chi connectivity index (χ0v) is 17.2. The largest absolute Gasteiger partial charge is 0.371 e. The second kappa shape index (κ2) is 10.0. The number of nitrogens with zero attached hydrogens (tertiary/aromatic N) is 1. The Kier molecular flexibility index (Phi) is 7.42. The van der Waals surface area contributed by atoms with E-state index in [4.69, 9.17) is 0 Å². The SMILES string of the molecule is CC(C)CC(NC(=O)NC1CCCCC1)c1ccccc1N1CCCCC1. The third-order valence-corrected chi connectivity index (χ3v) is 5.96. The van der Waals surface area contributed by atoms with Crippen LogP contribution in [0.4, 0.5) is 10.5 Å². The molecule has 1 saturated heterocycles. The Morgan fingerprint density at radius 2 is 1.70 bits per heavy atom. The zero-order valence-electron chi connectivity index (χ0n) is 17.2. The van der Waals surface area contributed by atoms with Gasteiger partial charge in [-0.1, -0.05) is 51.3 Å². The Morgan fingerprint density at radius 3 is 2.41 bits per heavy atom. The van der Waals surface area contributed by atoms with Crippen molar-refractivity contribution in [1.82, 2.24) is 10.6 Å². The lowest BCUT2D eigenvalue weighted by Crippen LogP contribution is -2.44. The molecular weight excluding hydrogens is 334 g/mol. The molecule has 0 aromatic heterocycles. The highest BCUT2D eigenvalue weighted by atomic mass is 16.2. The van der Waals surface area contributed by atoms with Gasteiger partial charge in [-0.25, -0.2) is 4.79 Å². The van der Waals surface area contributed by atoms with Crippen LogP contribution >= 0.6 is 0 Å². The maximum absolute atomic E-state index is 12.7. The number of anilines is 1. The van der Waals surface area contributed by atoms with Gasteiger partial charge in [-0.15, -0.1) is 0 Å². The summed E-state index contributed by atoms with van der Waals surface area (Å²) in [6.45, 7) is 6.72. The van der Waals surface area contributed by atoms with Crippen LogP contribution < -0.4 is 15.5 Å². The van der Waals surface area contributed by atoms with Gasteiger partial charge in [-0.2, -0.15) is 0 Å². The Bertz CT molecular complexity index is 589. The third-order valence-electron chi connectivity index (χ3n) is 5.96. The Balaban J connectivity index is 1.73. The molecule has 4 nitrogen and oxygen atoms in total. The molecule has 0 bridgehead atoms. The van der Waals surface area contributed by atoms with Crippen molar-refractivity contribution < 1.29 is 4.79 Å². The molecule has 3 rings (SSSR count). The second-order valence-corrected chi connectivity index (χ2v) is 8.74. The minimum absolute atomic E-state index is 0.000923. The van der Waals surface area contributed by atoms with Gasteiger partial charge in [-0.05, 0) is 56.1 Å². The fraction of sp³-hybridized carbons (Fsp3) is 0.696. The van der Waals surface area contributed by atoms with Gasteiger partial charge in [0, 0.05) is 24.8 Å². The molecule has 1 aliphatic heterocycles. The molecule has 150 valence electrons. The number of urea groups is 1. The predicted molar refractivity (Wildman–Crippen MR) is 113 cm³/mol. The molecule has 1 aromatic carbocycles. The molecule has 0 radical (unpaired) electrons. The van der Waals surface area contributed by atoms with Crippen LogP contribution in [-0.2, 0) is 0 Å². The highest BCUT2D eigenvalue weighted by molar-refractivity contribution is 5.75. The lowest BCUT2D eigenvalue weighted by molar-refractivity contribution is 0.227. The lowest BCUT2D eigenvalue weighted by atomic mass is 9.94. The second-order valence-electron chi connectivity index (χ2n) is 8.74. The fourth-order valence-electron chi connectivity index (χ4n) is 4.57. The number of piperidine rings is 1. The van der Waals surface area contributed by atoms with Gasteiger partial charge in [0.2, 0.25) is 0 Å². The molecule has 1 atom stereocenters. The van der Waals surface area contributed by atoms with E-state index in [-0.39, 0.29) is 12.1 Å². The van der Waals surface area contributed by atoms with Crippen LogP contribution in [0.2, 0.25) is 0 Å². The first-order valence-electron chi connectivity index (χ1n) is 11.0. The van der Waals surface area contributed by atoms with Crippen LogP contribution in [0.25, 0.3) is 0 Å². The van der Waals surface area contributed by atoms with Crippen LogP contribution in [-0.4, -0.2) is 25.2 Å². The molecule has 1 saturated carbocycles. The molecule has 0 spiro atoms. The van der Waals surface area contributed by atoms with Gasteiger partial charge in [0.1, 0.15) is 0 Å². The summed E-state index contributed by atoms with van der Waals surface area (Å²) in [4.78, 5) is 15.2. The first-order chi connectivity index (χ1) is 13.1. The summed E-state index contributed by atoms with van der Waals surface area (Å²) < 4.78 is 0. The monoisotopic (exact) mass is 371 g/mol. The van der Waals surface area contributed by atoms with Crippen LogP contribution in [0.1, 0.15) is 83.2 Å². The van der Waals surface area contributed by atoms with Gasteiger partial charge < -0.3 is 15.5 Å². The number of carbonyl (C=O) groups excluding carboxylic acids is 1. The normalized spacial score (nSPS) is 19.7. The van der Waals surface area contributed by atoms with Crippen molar-refractivity contribution in [2.45, 2.75) is 83.7 Å². The van der Waals surface area contributed by atoms with E-state index in [1.165, 1.54) is 49.8 Å². The Morgan fingerprint density at radius 1 is 1.04 bits per heavy atom. The molecule has 1 unspecified atom stereocenters. The standard InChI is InChI=1S/C23H37N3O/c1-18(2)17-21(25-23(27)24-19-11-5-3-6-12-19)20-13-7-8-14-22(20)26-15-9-4-10-16-26/h7-8,13-14,18-19,21H,3-6,9-12,15-17H2,1-2H3,(H2,24,25,27). The molecule has 4 heteroatoms. The summed E-state index contributed by atoms with van der Waals surface area (Å²) in [6.07, 6.45) is 10.8. The summed E-state index contributed by atoms with van der Waals surface area (Å²) in [6, 6.07) is 9.08. The van der Waals surface area contributed by atoms with Gasteiger partial charge in [0.05, 0.1) is 6.04 Å². The predicted octanol–water partition coefficient (Wildman–Crippen LogP) is 5.40. The van der Waals surface area contributed by atoms with Crippen LogP contribution in [0.15, 0.2) is 24.3 Å². The molecule has 1 heterocycles. The number of benzene rings is 1. The quantitative estimate of drug-likeness (QED) is 0.703. The average molecular weight is 372 g/mol. The van der Waals surface area contributed by atoms with Gasteiger partial charge in [-0.3, -0.25) is 0 Å². The zero-order chi connectivity index (χ0) is 19.1. The molecule has 27 heavy (non-hydrogen) atoms. The number of carbonyl (C=O) groups is 1. The number of nitrogens with one attached hydrogen (secondary N) is 2. The van der Waals surface area contributed by atoms with E-state index in [0.29, 0.717) is 12.0 Å². The Hall–Kier alpha value is -1.71. The summed E-state index contributed by atoms with van der Waals surface area (Å²) in [5.74, 6) is 0.527. The summed E-state index contributed by atoms with van der Waals surface area (Å²) >= 11 is 0. The van der Waals surface area contributed by atoms with Crippen molar-refractivity contribution in [2.75, 3.05) is 18.0 Å². The topological polar surface area (TPSA) is 44.4 Å². The number of hydrogen-bond acceptors (Lipinski definition) is 2. The van der Waals surface area contributed by atoms with Crippen molar-refractivity contribution in [2.24, 2.45) is 5.92 Å². The molecule has 2 amide bonds. The lowest BCUT2D eigenvalue weighted by Gasteiger charge is -2.33. The van der Waals surface area contributed by atoms with E-state index in [2.05, 4.69) is 53.6 Å². The molecule has 2 fully saturated rings. The number of hydrogen-bond donors (Lipinski definition) is 2. The van der Waals surface area contributed by atoms with Gasteiger partial charge in [0.15, 0.2) is 0 Å². The number of amides is 2. The smallest absolute Gasteiger partial charge is 0.315 e. The summed E-state index contributed by atoms with van der Waals surface area (Å²) in [5.41, 5.74) is 2.58. The minimum atomic E-state index is 0.000923. The van der Waals surface area contributed by atoms with Crippen LogP contribution in [0.3, 0.4) is 0 Å². The summed E-state index contributed by atoms with van der Waals surface area (Å²) in [7, 11) is 0. The highest BCUT2D eigenvalue weighted by Crippen LogP contribution is 2.32. The third kappa shape index (κ3) is 5.88. The van der Waals surface area contributed by atoms with Crippen molar-refractivity contribution in [3.63, 3.8) is 0 Å². The van der Waals surface area contributed by atoms with E-state index in [1.54, 1.807) is 0 Å². The maximum atomic E-state index is 12.7. The van der Waals surface area contributed by atoms with Gasteiger partial charge in [0.25, 0.3) is 0 Å². The fourth-order valence-corrected chi connectivity index (χ4v) is 4.57. The first-order valence-corrected chi connectivity index (χ1v) is 11.0. The van der Waals surface area contributed by atoms with Crippen LogP contribution in [0, 0.1) is 5.92 Å². The molecule has 1 aliphatic carbocycles. The van der Waals surface area contributed by atoms with E-state index < -0.39 is 0 Å². The van der Waals surface area contributed by atoms with E-state index >= 15 is 0 Å². The van der Waals surface area contributed by atoms with E-state index in [9.17, 15) is 4.79 Å². The molecule has 2 N–H and O–H groups in total. The molecule has 1 aromatic rings. The number of para-hydroxylation sites is 1. The summed E-state index contributed by atoms with van der Waals surface area (Å²) in [5, 5.41) is 6.54. The van der Waals surface area contributed by atoms with Crippen molar-refractivity contribution in [1.29, 1.82) is 0 Å². The maximum Gasteiger partial charge on any atom is 0.315 e. The first kappa shape index (κ1) is 20.0. The van der Waals surface area contributed by atoms with E-state index in [1.807, 2.05) is 0 Å². The van der Waals surface area contributed by atoms with Crippen molar-refractivity contribution in [3.05, 3.63) is 29.8 Å². The average Bonchev–Trinajstić information content (AvgIpc) is 2.68. The van der Waals surface area contributed by atoms with Crippen LogP contribution in [0.5, 0.6) is 0 Å². The van der Waals surface area contributed by atoms with Gasteiger partial charge >= 0.3 is 6.03 Å².